The van der Waals surface area contributed by atoms with E-state index in [4.69, 9.17) is 5.41 Å². The molecule has 0 amide bonds. The standard InChI is InChI=1S/C46H31N3S2/c47-40(31-11-7-10-29(26-31)32-15-8-17-37-35-13-2-5-20-43(35)50-45(32)37)24-25-48-28-49-41-19-4-1-12-34(41)39-27-30(22-23-42(39)49)33-16-9-18-38-36-14-3-6-21-44(36)51-46(33)38/h1-27,47-48H,28H2/b25-24-,47-40?. The van der Waals surface area contributed by atoms with Crippen LogP contribution in [-0.4, -0.2) is 10.3 Å². The Hall–Kier alpha value is -6.01. The van der Waals surface area contributed by atoms with Gasteiger partial charge in [0.25, 0.3) is 0 Å². The van der Waals surface area contributed by atoms with Crippen molar-refractivity contribution >= 4 is 90.5 Å². The van der Waals surface area contributed by atoms with Gasteiger partial charge in [0.15, 0.2) is 0 Å². The summed E-state index contributed by atoms with van der Waals surface area (Å²) in [6.07, 6.45) is 3.76. The van der Waals surface area contributed by atoms with Gasteiger partial charge in [-0.1, -0.05) is 115 Å². The molecule has 0 atom stereocenters. The lowest BCUT2D eigenvalue weighted by atomic mass is 9.99. The second-order valence-corrected chi connectivity index (χ2v) is 15.0. The quantitative estimate of drug-likeness (QED) is 0.161. The first-order valence-corrected chi connectivity index (χ1v) is 18.8. The molecule has 0 saturated carbocycles. The summed E-state index contributed by atoms with van der Waals surface area (Å²) < 4.78 is 7.57. The third-order valence-corrected chi connectivity index (χ3v) is 12.4. The van der Waals surface area contributed by atoms with Gasteiger partial charge in [0.2, 0.25) is 0 Å². The summed E-state index contributed by atoms with van der Waals surface area (Å²) in [5.74, 6) is 0. The lowest BCUT2D eigenvalue weighted by molar-refractivity contribution is 0.684. The molecule has 0 aliphatic carbocycles. The fourth-order valence-corrected chi connectivity index (χ4v) is 10.1. The van der Waals surface area contributed by atoms with Gasteiger partial charge in [-0.15, -0.1) is 22.7 Å². The zero-order valence-corrected chi connectivity index (χ0v) is 29.2. The number of benzene rings is 7. The van der Waals surface area contributed by atoms with E-state index in [1.165, 1.54) is 78.8 Å². The van der Waals surface area contributed by atoms with E-state index in [1.54, 1.807) is 0 Å². The molecule has 0 spiro atoms. The molecule has 0 saturated heterocycles. The second kappa shape index (κ2) is 12.1. The van der Waals surface area contributed by atoms with Gasteiger partial charge in [0.1, 0.15) is 0 Å². The van der Waals surface area contributed by atoms with E-state index in [1.807, 2.05) is 41.0 Å². The van der Waals surface area contributed by atoms with Gasteiger partial charge in [-0.2, -0.15) is 0 Å². The molecule has 0 unspecified atom stereocenters. The number of fused-ring (bicyclic) bond motifs is 9. The van der Waals surface area contributed by atoms with Crippen LogP contribution in [0.2, 0.25) is 0 Å². The van der Waals surface area contributed by atoms with Crippen molar-refractivity contribution < 1.29 is 0 Å². The highest BCUT2D eigenvalue weighted by atomic mass is 32.1. The maximum Gasteiger partial charge on any atom is 0.0921 e. The Morgan fingerprint density at radius 3 is 1.80 bits per heavy atom. The molecule has 51 heavy (non-hydrogen) atoms. The fourth-order valence-electron chi connectivity index (χ4n) is 7.58. The van der Waals surface area contributed by atoms with Crippen molar-refractivity contribution in [3.63, 3.8) is 0 Å². The molecule has 3 nitrogen and oxygen atoms in total. The molecule has 5 heteroatoms. The van der Waals surface area contributed by atoms with E-state index < -0.39 is 0 Å². The minimum Gasteiger partial charge on any atom is -0.373 e. The lowest BCUT2D eigenvalue weighted by Crippen LogP contribution is -2.12. The van der Waals surface area contributed by atoms with E-state index in [9.17, 15) is 0 Å². The number of thiophene rings is 2. The van der Waals surface area contributed by atoms with Crippen LogP contribution in [0.15, 0.2) is 164 Å². The van der Waals surface area contributed by atoms with Gasteiger partial charge in [-0.05, 0) is 70.9 Å². The molecule has 2 N–H and O–H groups in total. The van der Waals surface area contributed by atoms with E-state index in [0.29, 0.717) is 12.4 Å². The summed E-state index contributed by atoms with van der Waals surface area (Å²) in [4.78, 5) is 0. The summed E-state index contributed by atoms with van der Waals surface area (Å²) in [7, 11) is 0. The van der Waals surface area contributed by atoms with E-state index in [2.05, 4.69) is 155 Å². The van der Waals surface area contributed by atoms with Crippen molar-refractivity contribution in [2.45, 2.75) is 6.67 Å². The molecule has 10 rings (SSSR count). The molecule has 242 valence electrons. The van der Waals surface area contributed by atoms with Crippen LogP contribution in [0.3, 0.4) is 0 Å². The first-order chi connectivity index (χ1) is 25.2. The monoisotopic (exact) mass is 689 g/mol. The van der Waals surface area contributed by atoms with Crippen LogP contribution in [0, 0.1) is 5.41 Å². The van der Waals surface area contributed by atoms with E-state index in [-0.39, 0.29) is 0 Å². The number of hydrogen-bond donors (Lipinski definition) is 2. The lowest BCUT2D eigenvalue weighted by Gasteiger charge is -2.09. The summed E-state index contributed by atoms with van der Waals surface area (Å²) in [5.41, 5.74) is 8.57. The third-order valence-electron chi connectivity index (χ3n) is 9.99. The second-order valence-electron chi connectivity index (χ2n) is 12.9. The van der Waals surface area contributed by atoms with Gasteiger partial charge in [0, 0.05) is 56.7 Å². The van der Waals surface area contributed by atoms with Crippen molar-refractivity contribution in [1.29, 1.82) is 5.41 Å². The molecule has 3 aromatic heterocycles. The summed E-state index contributed by atoms with van der Waals surface area (Å²) >= 11 is 3.71. The molecule has 3 heterocycles. The summed E-state index contributed by atoms with van der Waals surface area (Å²) in [6.45, 7) is 0.590. The molecular weight excluding hydrogens is 659 g/mol. The van der Waals surface area contributed by atoms with Crippen molar-refractivity contribution in [2.24, 2.45) is 0 Å². The van der Waals surface area contributed by atoms with Crippen LogP contribution in [0.5, 0.6) is 0 Å². The maximum atomic E-state index is 8.92. The van der Waals surface area contributed by atoms with E-state index >= 15 is 0 Å². The molecule has 0 aliphatic heterocycles. The highest BCUT2D eigenvalue weighted by Gasteiger charge is 2.15. The van der Waals surface area contributed by atoms with Gasteiger partial charge in [0.05, 0.1) is 23.4 Å². The van der Waals surface area contributed by atoms with E-state index in [0.717, 1.165) is 11.1 Å². The Bertz CT molecular complexity index is 3010. The maximum absolute atomic E-state index is 8.92. The van der Waals surface area contributed by atoms with Gasteiger partial charge >= 0.3 is 0 Å². The van der Waals surface area contributed by atoms with Gasteiger partial charge in [-0.3, -0.25) is 0 Å². The molecule has 7 aromatic carbocycles. The van der Waals surface area contributed by atoms with Crippen molar-refractivity contribution in [1.82, 2.24) is 9.88 Å². The Balaban J connectivity index is 0.932. The van der Waals surface area contributed by atoms with Crippen LogP contribution in [0.1, 0.15) is 5.56 Å². The SMILES string of the molecule is N=C(/C=C\NCn1c2ccccc2c2cc(-c3cccc4c3sc3ccccc34)ccc21)c1cccc(-c2cccc3c2sc2ccccc23)c1. The highest BCUT2D eigenvalue weighted by molar-refractivity contribution is 7.26. The van der Waals surface area contributed by atoms with Crippen LogP contribution in [-0.2, 0) is 6.67 Å². The van der Waals surface area contributed by atoms with Crippen LogP contribution < -0.4 is 5.32 Å². The Morgan fingerprint density at radius 2 is 1.10 bits per heavy atom. The zero-order chi connectivity index (χ0) is 33.9. The van der Waals surface area contributed by atoms with Gasteiger partial charge < -0.3 is 15.3 Å². The smallest absolute Gasteiger partial charge is 0.0921 e. The molecule has 0 aliphatic rings. The first kappa shape index (κ1) is 29.9. The number of nitrogens with one attached hydrogen (secondary N) is 2. The third kappa shape index (κ3) is 4.96. The summed E-state index contributed by atoms with van der Waals surface area (Å²) in [6, 6.07) is 54.4. The molecule has 0 radical (unpaired) electrons. The van der Waals surface area contributed by atoms with Crippen molar-refractivity contribution in [2.75, 3.05) is 0 Å². The Labute approximate surface area is 302 Å². The van der Waals surface area contributed by atoms with Crippen molar-refractivity contribution in [3.05, 3.63) is 169 Å². The van der Waals surface area contributed by atoms with Crippen molar-refractivity contribution in [3.8, 4) is 22.3 Å². The number of aromatic nitrogens is 1. The van der Waals surface area contributed by atoms with Crippen LogP contribution in [0.4, 0.5) is 0 Å². The predicted molar refractivity (Wildman–Crippen MR) is 222 cm³/mol. The molecule has 10 aromatic rings. The molecular formula is C46H31N3S2. The number of rotatable bonds is 7. The minimum atomic E-state index is 0.468. The average Bonchev–Trinajstić information content (AvgIpc) is 3.86. The minimum absolute atomic E-state index is 0.468. The number of hydrogen-bond acceptors (Lipinski definition) is 4. The normalized spacial score (nSPS) is 12.0. The first-order valence-electron chi connectivity index (χ1n) is 17.1. The highest BCUT2D eigenvalue weighted by Crippen LogP contribution is 2.42. The summed E-state index contributed by atoms with van der Waals surface area (Å²) in [5, 5.41) is 20.1. The topological polar surface area (TPSA) is 40.8 Å². The Kier molecular flexibility index (Phi) is 7.08. The molecule has 0 bridgehead atoms. The number of para-hydroxylation sites is 1. The van der Waals surface area contributed by atoms with Gasteiger partial charge in [-0.25, -0.2) is 0 Å². The van der Waals surface area contributed by atoms with Crippen LogP contribution in [0.25, 0.3) is 84.4 Å². The fraction of sp³-hybridized carbons (Fsp3) is 0.0217. The zero-order valence-electron chi connectivity index (χ0n) is 27.6. The predicted octanol–water partition coefficient (Wildman–Crippen LogP) is 13.0. The Morgan fingerprint density at radius 1 is 0.529 bits per heavy atom. The number of nitrogens with zero attached hydrogens (tertiary/aromatic N) is 1. The average molecular weight is 690 g/mol. The molecule has 0 fully saturated rings. The number of allylic oxidation sites excluding steroid dienone is 1. The largest absolute Gasteiger partial charge is 0.373 e. The van der Waals surface area contributed by atoms with Crippen LogP contribution >= 0.6 is 22.7 Å².